The number of likely N-dealkylation sites (tertiary alicyclic amines) is 1. The van der Waals surface area contributed by atoms with Crippen molar-refractivity contribution in [3.63, 3.8) is 0 Å². The van der Waals surface area contributed by atoms with E-state index in [4.69, 9.17) is 5.11 Å². The predicted molar refractivity (Wildman–Crippen MR) is 79.3 cm³/mol. The highest BCUT2D eigenvalue weighted by Gasteiger charge is 2.37. The van der Waals surface area contributed by atoms with Crippen molar-refractivity contribution in [1.29, 1.82) is 0 Å². The molecule has 1 aliphatic heterocycles. The monoisotopic (exact) mass is 287 g/mol. The summed E-state index contributed by atoms with van der Waals surface area (Å²) in [4.78, 5) is 25.1. The molecule has 2 aliphatic rings. The Morgan fingerprint density at radius 2 is 1.86 bits per heavy atom. The molecule has 1 fully saturated rings. The van der Waals surface area contributed by atoms with Crippen molar-refractivity contribution in [2.75, 3.05) is 13.1 Å². The number of carboxylic acids is 1. The van der Waals surface area contributed by atoms with Crippen LogP contribution in [0.4, 0.5) is 0 Å². The molecule has 0 bridgehead atoms. The second-order valence-corrected chi connectivity index (χ2v) is 6.29. The van der Waals surface area contributed by atoms with Crippen molar-refractivity contribution in [3.05, 3.63) is 34.9 Å². The van der Waals surface area contributed by atoms with E-state index in [0.717, 1.165) is 18.4 Å². The minimum Gasteiger partial charge on any atom is -0.481 e. The fraction of sp³-hybridized carbons (Fsp3) is 0.529. The zero-order valence-electron chi connectivity index (χ0n) is 12.3. The molecule has 1 aromatic rings. The third-order valence-electron chi connectivity index (χ3n) is 4.89. The van der Waals surface area contributed by atoms with Gasteiger partial charge < -0.3 is 10.0 Å². The largest absolute Gasteiger partial charge is 0.481 e. The minimum atomic E-state index is -0.777. The van der Waals surface area contributed by atoms with E-state index in [1.54, 1.807) is 11.8 Å². The van der Waals surface area contributed by atoms with E-state index in [2.05, 4.69) is 6.07 Å². The predicted octanol–water partition coefficient (Wildman–Crippen LogP) is 2.36. The molecule has 1 unspecified atom stereocenters. The molecule has 1 atom stereocenters. The summed E-state index contributed by atoms with van der Waals surface area (Å²) in [7, 11) is 0. The molecule has 1 N–H and O–H groups in total. The Morgan fingerprint density at radius 1 is 1.19 bits per heavy atom. The first-order valence-corrected chi connectivity index (χ1v) is 7.70. The molecule has 1 aliphatic carbocycles. The number of carbonyl (C=O) groups is 2. The number of aliphatic carboxylic acids is 1. The third-order valence-corrected chi connectivity index (χ3v) is 4.89. The van der Waals surface area contributed by atoms with Crippen LogP contribution >= 0.6 is 0 Å². The molecule has 0 radical (unpaired) electrons. The normalized spacial score (nSPS) is 19.6. The van der Waals surface area contributed by atoms with Crippen molar-refractivity contribution in [1.82, 2.24) is 4.90 Å². The third kappa shape index (κ3) is 2.67. The van der Waals surface area contributed by atoms with E-state index < -0.39 is 5.97 Å². The zero-order chi connectivity index (χ0) is 15.0. The van der Waals surface area contributed by atoms with Gasteiger partial charge in [0.05, 0.1) is 5.92 Å². The molecule has 0 aromatic heterocycles. The molecule has 4 nitrogen and oxygen atoms in total. The van der Waals surface area contributed by atoms with Crippen molar-refractivity contribution in [3.8, 4) is 0 Å². The lowest BCUT2D eigenvalue weighted by Crippen LogP contribution is -2.53. The van der Waals surface area contributed by atoms with E-state index >= 15 is 0 Å². The number of amides is 1. The number of fused-ring (bicyclic) bond motifs is 1. The average molecular weight is 287 g/mol. The van der Waals surface area contributed by atoms with Gasteiger partial charge >= 0.3 is 5.97 Å². The number of nitrogens with zero attached hydrogens (tertiary/aromatic N) is 1. The van der Waals surface area contributed by atoms with Gasteiger partial charge in [-0.05, 0) is 48.9 Å². The van der Waals surface area contributed by atoms with E-state index in [-0.39, 0.29) is 17.7 Å². The lowest BCUT2D eigenvalue weighted by molar-refractivity contribution is -0.144. The Morgan fingerprint density at radius 3 is 2.52 bits per heavy atom. The van der Waals surface area contributed by atoms with Gasteiger partial charge in [0.25, 0.3) is 5.91 Å². The van der Waals surface area contributed by atoms with Gasteiger partial charge in [0.1, 0.15) is 0 Å². The van der Waals surface area contributed by atoms with Crippen LogP contribution in [0.5, 0.6) is 0 Å². The molecular formula is C17H21NO3. The summed E-state index contributed by atoms with van der Waals surface area (Å²) in [5, 5.41) is 8.99. The van der Waals surface area contributed by atoms with Crippen molar-refractivity contribution in [2.24, 2.45) is 11.8 Å². The Hall–Kier alpha value is -1.84. The molecule has 4 heteroatoms. The molecule has 3 rings (SSSR count). The van der Waals surface area contributed by atoms with E-state index in [0.29, 0.717) is 13.1 Å². The highest BCUT2D eigenvalue weighted by atomic mass is 16.4. The van der Waals surface area contributed by atoms with Crippen molar-refractivity contribution >= 4 is 11.9 Å². The Bertz CT molecular complexity index is 575. The van der Waals surface area contributed by atoms with Crippen LogP contribution in [-0.2, 0) is 17.6 Å². The topological polar surface area (TPSA) is 57.6 Å². The highest BCUT2D eigenvalue weighted by molar-refractivity contribution is 5.95. The lowest BCUT2D eigenvalue weighted by atomic mass is 9.86. The number of hydrogen-bond acceptors (Lipinski definition) is 2. The fourth-order valence-electron chi connectivity index (χ4n) is 3.25. The maximum atomic E-state index is 12.4. The summed E-state index contributed by atoms with van der Waals surface area (Å²) in [5.41, 5.74) is 3.43. The quantitative estimate of drug-likeness (QED) is 0.928. The maximum Gasteiger partial charge on any atom is 0.306 e. The highest BCUT2D eigenvalue weighted by Crippen LogP contribution is 2.27. The molecule has 112 valence electrons. The average Bonchev–Trinajstić information content (AvgIpc) is 2.44. The first-order chi connectivity index (χ1) is 10.1. The second-order valence-electron chi connectivity index (χ2n) is 6.29. The molecule has 1 saturated heterocycles. The number of carbonyl (C=O) groups excluding carboxylic acids is 1. The SMILES string of the molecule is CC(C(=O)O)C1CN(C(=O)c2ccc3c(c2)CCCC3)C1. The van der Waals surface area contributed by atoms with Crippen LogP contribution in [0.25, 0.3) is 0 Å². The Balaban J connectivity index is 1.66. The van der Waals surface area contributed by atoms with Crippen LogP contribution < -0.4 is 0 Å². The van der Waals surface area contributed by atoms with Crippen molar-refractivity contribution < 1.29 is 14.7 Å². The minimum absolute atomic E-state index is 0.0391. The number of benzene rings is 1. The van der Waals surface area contributed by atoms with Crippen LogP contribution in [0.1, 0.15) is 41.3 Å². The van der Waals surface area contributed by atoms with Gasteiger partial charge in [0.2, 0.25) is 0 Å². The second kappa shape index (κ2) is 5.51. The molecule has 21 heavy (non-hydrogen) atoms. The zero-order valence-corrected chi connectivity index (χ0v) is 12.3. The molecule has 1 amide bonds. The molecule has 0 spiro atoms. The summed E-state index contributed by atoms with van der Waals surface area (Å²) < 4.78 is 0. The van der Waals surface area contributed by atoms with Gasteiger partial charge in [0.15, 0.2) is 0 Å². The smallest absolute Gasteiger partial charge is 0.306 e. The standard InChI is InChI=1S/C17H21NO3/c1-11(17(20)21)15-9-18(10-15)16(19)14-7-6-12-4-2-3-5-13(12)8-14/h6-8,11,15H,2-5,9-10H2,1H3,(H,20,21). The van der Waals surface area contributed by atoms with Gasteiger partial charge in [0, 0.05) is 24.6 Å². The van der Waals surface area contributed by atoms with Crippen molar-refractivity contribution in [2.45, 2.75) is 32.6 Å². The summed E-state index contributed by atoms with van der Waals surface area (Å²) in [6.45, 7) is 2.83. The molecule has 1 heterocycles. The van der Waals surface area contributed by atoms with Crippen LogP contribution in [-0.4, -0.2) is 35.0 Å². The van der Waals surface area contributed by atoms with Crippen LogP contribution in [0.2, 0.25) is 0 Å². The van der Waals surface area contributed by atoms with Gasteiger partial charge in [-0.2, -0.15) is 0 Å². The van der Waals surface area contributed by atoms with Gasteiger partial charge in [-0.25, -0.2) is 0 Å². The Labute approximate surface area is 124 Å². The van der Waals surface area contributed by atoms with Crippen LogP contribution in [0.15, 0.2) is 18.2 Å². The van der Waals surface area contributed by atoms with Crippen LogP contribution in [0, 0.1) is 11.8 Å². The lowest BCUT2D eigenvalue weighted by Gasteiger charge is -2.41. The first-order valence-electron chi connectivity index (χ1n) is 7.70. The summed E-state index contributed by atoms with van der Waals surface area (Å²) in [6.07, 6.45) is 4.62. The number of rotatable bonds is 3. The van der Waals surface area contributed by atoms with Gasteiger partial charge in [-0.1, -0.05) is 13.0 Å². The van der Waals surface area contributed by atoms with E-state index in [1.165, 1.54) is 24.0 Å². The molecule has 1 aromatic carbocycles. The summed E-state index contributed by atoms with van der Waals surface area (Å²) in [5.74, 6) is -1.03. The summed E-state index contributed by atoms with van der Waals surface area (Å²) in [6, 6.07) is 6.03. The Kier molecular flexibility index (Phi) is 3.70. The van der Waals surface area contributed by atoms with E-state index in [1.807, 2.05) is 12.1 Å². The maximum absolute atomic E-state index is 12.4. The number of aryl methyl sites for hydroxylation is 2. The van der Waals surface area contributed by atoms with E-state index in [9.17, 15) is 9.59 Å². The first kappa shape index (κ1) is 14.1. The fourth-order valence-corrected chi connectivity index (χ4v) is 3.25. The summed E-state index contributed by atoms with van der Waals surface area (Å²) >= 11 is 0. The van der Waals surface area contributed by atoms with Gasteiger partial charge in [-0.3, -0.25) is 9.59 Å². The number of carboxylic acid groups (broad SMARTS) is 1. The molecule has 0 saturated carbocycles. The van der Waals surface area contributed by atoms with Gasteiger partial charge in [-0.15, -0.1) is 0 Å². The van der Waals surface area contributed by atoms with Crippen LogP contribution in [0.3, 0.4) is 0 Å². The number of hydrogen-bond donors (Lipinski definition) is 1. The molecular weight excluding hydrogens is 266 g/mol.